The molecule has 0 amide bonds. The third-order valence-corrected chi connectivity index (χ3v) is 8.20. The summed E-state index contributed by atoms with van der Waals surface area (Å²) < 4.78 is 4.96. The van der Waals surface area contributed by atoms with Crippen LogP contribution in [0, 0.1) is 0 Å². The van der Waals surface area contributed by atoms with E-state index in [1.54, 1.807) is 0 Å². The predicted molar refractivity (Wildman–Crippen MR) is 164 cm³/mol. The lowest BCUT2D eigenvalue weighted by Crippen LogP contribution is -2.10. The van der Waals surface area contributed by atoms with Crippen LogP contribution in [-0.4, -0.2) is 8.80 Å². The number of benzene rings is 6. The lowest BCUT2D eigenvalue weighted by Gasteiger charge is -2.26. The van der Waals surface area contributed by atoms with E-state index in [1.807, 2.05) is 0 Å². The van der Waals surface area contributed by atoms with Crippen molar-refractivity contribution in [3.8, 4) is 0 Å². The fraction of sp³-hybridized carbons (Fsp3) is 0. The fourth-order valence-electron chi connectivity index (χ4n) is 6.69. The molecule has 3 heteroatoms. The minimum Gasteiger partial charge on any atom is -0.310 e. The second kappa shape index (κ2) is 7.62. The molecule has 3 heterocycles. The van der Waals surface area contributed by atoms with E-state index in [0.717, 1.165) is 11.4 Å². The van der Waals surface area contributed by atoms with Gasteiger partial charge in [-0.2, -0.15) is 0 Å². The molecule has 6 aromatic carbocycles. The van der Waals surface area contributed by atoms with Gasteiger partial charge in [0.25, 0.3) is 0 Å². The highest BCUT2D eigenvalue weighted by atomic mass is 15.1. The molecule has 39 heavy (non-hydrogen) atoms. The Hall–Kier alpha value is -5.28. The van der Waals surface area contributed by atoms with Gasteiger partial charge in [0.1, 0.15) is 0 Å². The van der Waals surface area contributed by atoms with Crippen LogP contribution < -0.4 is 4.90 Å². The van der Waals surface area contributed by atoms with Crippen LogP contribution in [0.2, 0.25) is 0 Å². The monoisotopic (exact) mass is 497 g/mol. The van der Waals surface area contributed by atoms with E-state index in [-0.39, 0.29) is 0 Å². The molecule has 182 valence electrons. The van der Waals surface area contributed by atoms with Crippen LogP contribution in [0.5, 0.6) is 0 Å². The van der Waals surface area contributed by atoms with Crippen LogP contribution in [-0.2, 0) is 0 Å². The maximum atomic E-state index is 2.48. The lowest BCUT2D eigenvalue weighted by atomic mass is 10.1. The number of aromatic nitrogens is 2. The molecule has 0 fully saturated rings. The Bertz CT molecular complexity index is 2290. The average molecular weight is 498 g/mol. The molecule has 0 radical (unpaired) electrons. The summed E-state index contributed by atoms with van der Waals surface area (Å²) in [6, 6.07) is 50.3. The standard InChI is InChI=1S/C36H23N3/c1-3-12-24(13-4-1)37(25-14-5-2-6-15-25)31-22-23-33-36-34(31)28-17-8-10-20-30(28)39(36)32-21-11-18-27-26-16-7-9-19-29(26)38(33)35(27)32/h1-23H. The second-order valence-electron chi connectivity index (χ2n) is 10.2. The van der Waals surface area contributed by atoms with Gasteiger partial charge in [0, 0.05) is 32.9 Å². The van der Waals surface area contributed by atoms with Crippen molar-refractivity contribution in [1.29, 1.82) is 0 Å². The molecule has 0 atom stereocenters. The zero-order valence-electron chi connectivity index (χ0n) is 21.1. The number of nitrogens with zero attached hydrogens (tertiary/aromatic N) is 3. The van der Waals surface area contributed by atoms with Gasteiger partial charge in [0.15, 0.2) is 0 Å². The first-order valence-corrected chi connectivity index (χ1v) is 13.4. The van der Waals surface area contributed by atoms with Crippen molar-refractivity contribution in [2.24, 2.45) is 0 Å². The first-order chi connectivity index (χ1) is 19.4. The topological polar surface area (TPSA) is 12.1 Å². The van der Waals surface area contributed by atoms with Crippen molar-refractivity contribution < 1.29 is 0 Å². The van der Waals surface area contributed by atoms with Crippen LogP contribution in [0.1, 0.15) is 0 Å². The summed E-state index contributed by atoms with van der Waals surface area (Å²) in [6.07, 6.45) is 0. The Balaban J connectivity index is 1.54. The normalized spacial score (nSPS) is 12.1. The molecule has 0 aliphatic carbocycles. The molecular formula is C36H23N3. The minimum absolute atomic E-state index is 1.14. The van der Waals surface area contributed by atoms with Gasteiger partial charge in [-0.25, -0.2) is 0 Å². The summed E-state index contributed by atoms with van der Waals surface area (Å²) in [4.78, 5) is 2.39. The number of hydrogen-bond donors (Lipinski definition) is 0. The fourth-order valence-corrected chi connectivity index (χ4v) is 6.69. The summed E-state index contributed by atoms with van der Waals surface area (Å²) in [5.41, 5.74) is 10.9. The van der Waals surface area contributed by atoms with Gasteiger partial charge in [-0.3, -0.25) is 0 Å². The van der Waals surface area contributed by atoms with Gasteiger partial charge in [-0.1, -0.05) is 84.9 Å². The Morgan fingerprint density at radius 2 is 0.872 bits per heavy atom. The Morgan fingerprint density at radius 3 is 1.59 bits per heavy atom. The highest BCUT2D eigenvalue weighted by Gasteiger charge is 2.24. The van der Waals surface area contributed by atoms with E-state index < -0.39 is 0 Å². The van der Waals surface area contributed by atoms with Gasteiger partial charge in [-0.05, 0) is 54.6 Å². The summed E-state index contributed by atoms with van der Waals surface area (Å²) in [6.45, 7) is 0. The van der Waals surface area contributed by atoms with Gasteiger partial charge in [-0.15, -0.1) is 0 Å². The maximum Gasteiger partial charge on any atom is 0.0804 e. The van der Waals surface area contributed by atoms with E-state index in [0.29, 0.717) is 0 Å². The van der Waals surface area contributed by atoms with E-state index in [1.165, 1.54) is 60.3 Å². The lowest BCUT2D eigenvalue weighted by molar-refractivity contribution is 1.25. The van der Waals surface area contributed by atoms with Gasteiger partial charge in [0.05, 0.1) is 38.8 Å². The summed E-state index contributed by atoms with van der Waals surface area (Å²) in [5, 5.41) is 5.10. The zero-order valence-corrected chi connectivity index (χ0v) is 21.1. The number of rotatable bonds is 3. The Labute approximate surface area is 224 Å². The zero-order chi connectivity index (χ0) is 25.5. The number of para-hydroxylation sites is 5. The first-order valence-electron chi connectivity index (χ1n) is 13.4. The third kappa shape index (κ3) is 2.66. The molecule has 9 aromatic rings. The van der Waals surface area contributed by atoms with Crippen LogP contribution in [0.15, 0.2) is 140 Å². The average Bonchev–Trinajstić information content (AvgIpc) is 3.53. The first kappa shape index (κ1) is 20.7. The molecule has 0 saturated carbocycles. The molecule has 0 N–H and O–H groups in total. The van der Waals surface area contributed by atoms with Crippen LogP contribution in [0.3, 0.4) is 0 Å². The SMILES string of the molecule is c1ccc(N(c2ccccc2)c2ccc3c4c2c2ccccc2n4c2cccc4c5ccccc5n3c42)cc1. The number of fused-ring (bicyclic) bond motifs is 8. The van der Waals surface area contributed by atoms with E-state index in [4.69, 9.17) is 0 Å². The molecule has 0 spiro atoms. The molecule has 0 aliphatic rings. The maximum absolute atomic E-state index is 2.48. The van der Waals surface area contributed by atoms with Gasteiger partial charge < -0.3 is 13.7 Å². The van der Waals surface area contributed by atoms with Crippen molar-refractivity contribution in [3.63, 3.8) is 0 Å². The van der Waals surface area contributed by atoms with Crippen LogP contribution >= 0.6 is 0 Å². The second-order valence-corrected chi connectivity index (χ2v) is 10.2. The Kier molecular flexibility index (Phi) is 4.05. The quantitative estimate of drug-likeness (QED) is 0.221. The van der Waals surface area contributed by atoms with Gasteiger partial charge in [0.2, 0.25) is 0 Å². The van der Waals surface area contributed by atoms with Crippen molar-refractivity contribution in [1.82, 2.24) is 8.80 Å². The molecule has 0 aliphatic heterocycles. The largest absolute Gasteiger partial charge is 0.310 e. The summed E-state index contributed by atoms with van der Waals surface area (Å²) in [7, 11) is 0. The summed E-state index contributed by atoms with van der Waals surface area (Å²) >= 11 is 0. The Morgan fingerprint density at radius 1 is 0.359 bits per heavy atom. The molecule has 3 nitrogen and oxygen atoms in total. The molecule has 0 unspecified atom stereocenters. The molecule has 0 saturated heterocycles. The molecular weight excluding hydrogens is 474 g/mol. The predicted octanol–water partition coefficient (Wildman–Crippen LogP) is 9.71. The third-order valence-electron chi connectivity index (χ3n) is 8.20. The number of hydrogen-bond acceptors (Lipinski definition) is 1. The van der Waals surface area contributed by atoms with Crippen molar-refractivity contribution in [3.05, 3.63) is 140 Å². The molecule has 0 bridgehead atoms. The van der Waals surface area contributed by atoms with Crippen molar-refractivity contribution >= 4 is 71.7 Å². The van der Waals surface area contributed by atoms with Gasteiger partial charge >= 0.3 is 0 Å². The number of anilines is 3. The van der Waals surface area contributed by atoms with Crippen molar-refractivity contribution in [2.45, 2.75) is 0 Å². The minimum atomic E-state index is 1.14. The van der Waals surface area contributed by atoms with E-state index in [2.05, 4.69) is 153 Å². The van der Waals surface area contributed by atoms with Crippen LogP contribution in [0.4, 0.5) is 17.1 Å². The van der Waals surface area contributed by atoms with E-state index >= 15 is 0 Å². The van der Waals surface area contributed by atoms with Crippen LogP contribution in [0.25, 0.3) is 54.6 Å². The smallest absolute Gasteiger partial charge is 0.0804 e. The molecule has 9 rings (SSSR count). The van der Waals surface area contributed by atoms with E-state index in [9.17, 15) is 0 Å². The summed E-state index contributed by atoms with van der Waals surface area (Å²) in [5.74, 6) is 0. The molecule has 3 aromatic heterocycles. The highest BCUT2D eigenvalue weighted by Crippen LogP contribution is 2.46. The highest BCUT2D eigenvalue weighted by molar-refractivity contribution is 6.25. The van der Waals surface area contributed by atoms with Crippen molar-refractivity contribution in [2.75, 3.05) is 4.90 Å².